The molecular weight excluding hydrogens is 435 g/mol. The summed E-state index contributed by atoms with van der Waals surface area (Å²) in [5.41, 5.74) is 2.13. The largest absolute Gasteiger partial charge is 0.481 e. The molecule has 1 amide bonds. The van der Waals surface area contributed by atoms with Gasteiger partial charge in [0.2, 0.25) is 0 Å². The molecule has 1 aromatic heterocycles. The van der Waals surface area contributed by atoms with Crippen LogP contribution in [0.1, 0.15) is 16.1 Å². The fourth-order valence-corrected chi connectivity index (χ4v) is 3.64. The number of aliphatic carboxylic acids is 1. The molecule has 0 radical (unpaired) electrons. The second kappa shape index (κ2) is 8.72. The van der Waals surface area contributed by atoms with Gasteiger partial charge in [-0.3, -0.25) is 9.59 Å². The van der Waals surface area contributed by atoms with Crippen LogP contribution in [-0.2, 0) is 18.3 Å². The fourth-order valence-electron chi connectivity index (χ4n) is 3.39. The van der Waals surface area contributed by atoms with Crippen molar-refractivity contribution in [2.24, 2.45) is 7.05 Å². The second-order valence-electron chi connectivity index (χ2n) is 7.18. The number of hydrogen-bond donors (Lipinski definition) is 2. The third kappa shape index (κ3) is 4.43. The van der Waals surface area contributed by atoms with Crippen LogP contribution in [0.2, 0.25) is 5.02 Å². The van der Waals surface area contributed by atoms with Crippen LogP contribution < -0.4 is 10.1 Å². The number of carboxylic acid groups (broad SMARTS) is 1. The Morgan fingerprint density at radius 1 is 1.06 bits per heavy atom. The molecule has 0 aliphatic heterocycles. The van der Waals surface area contributed by atoms with E-state index in [4.69, 9.17) is 21.4 Å². The van der Waals surface area contributed by atoms with E-state index < -0.39 is 11.8 Å². The summed E-state index contributed by atoms with van der Waals surface area (Å²) in [5, 5.41) is 12.6. The number of aryl methyl sites for hydroxylation is 1. The third-order valence-corrected chi connectivity index (χ3v) is 5.24. The molecule has 0 aliphatic carbocycles. The van der Waals surface area contributed by atoms with Crippen LogP contribution in [0.5, 0.6) is 11.5 Å². The summed E-state index contributed by atoms with van der Waals surface area (Å²) in [5.74, 6) is -1.94. The van der Waals surface area contributed by atoms with Crippen molar-refractivity contribution in [3.8, 4) is 11.5 Å². The quantitative estimate of drug-likeness (QED) is 0.396. The van der Waals surface area contributed by atoms with Crippen molar-refractivity contribution < 1.29 is 23.8 Å². The summed E-state index contributed by atoms with van der Waals surface area (Å²) in [6.07, 6.45) is -0.181. The number of hydrogen-bond acceptors (Lipinski definition) is 3. The van der Waals surface area contributed by atoms with Gasteiger partial charge in [-0.1, -0.05) is 35.9 Å². The van der Waals surface area contributed by atoms with Gasteiger partial charge in [0.1, 0.15) is 11.4 Å². The monoisotopic (exact) mass is 452 g/mol. The molecule has 8 heteroatoms. The Bertz CT molecular complexity index is 1350. The number of fused-ring (bicyclic) bond motifs is 1. The zero-order chi connectivity index (χ0) is 22.8. The molecule has 0 atom stereocenters. The van der Waals surface area contributed by atoms with Crippen molar-refractivity contribution in [3.05, 3.63) is 88.8 Å². The second-order valence-corrected chi connectivity index (χ2v) is 7.59. The molecule has 162 valence electrons. The van der Waals surface area contributed by atoms with Crippen molar-refractivity contribution in [2.45, 2.75) is 6.42 Å². The van der Waals surface area contributed by atoms with Crippen molar-refractivity contribution in [3.63, 3.8) is 0 Å². The number of aromatic nitrogens is 1. The molecule has 2 N–H and O–H groups in total. The van der Waals surface area contributed by atoms with E-state index in [0.717, 1.165) is 17.0 Å². The number of rotatable bonds is 6. The molecule has 0 saturated carbocycles. The lowest BCUT2D eigenvalue weighted by Gasteiger charge is -2.11. The lowest BCUT2D eigenvalue weighted by atomic mass is 10.1. The number of ether oxygens (including phenoxy) is 1. The van der Waals surface area contributed by atoms with Crippen LogP contribution in [0.4, 0.5) is 10.1 Å². The maximum Gasteiger partial charge on any atom is 0.307 e. The smallest absolute Gasteiger partial charge is 0.307 e. The van der Waals surface area contributed by atoms with Gasteiger partial charge in [0, 0.05) is 29.7 Å². The van der Waals surface area contributed by atoms with Gasteiger partial charge in [-0.2, -0.15) is 0 Å². The first-order valence-electron chi connectivity index (χ1n) is 9.65. The topological polar surface area (TPSA) is 80.6 Å². The lowest BCUT2D eigenvalue weighted by molar-refractivity contribution is -0.136. The van der Waals surface area contributed by atoms with Crippen LogP contribution in [0.3, 0.4) is 0 Å². The Morgan fingerprint density at radius 3 is 2.50 bits per heavy atom. The Labute approximate surface area is 187 Å². The molecule has 0 saturated heterocycles. The predicted octanol–water partition coefficient (Wildman–Crippen LogP) is 5.64. The molecular formula is C24H18ClFN2O4. The standard InChI is InChI=1S/C24H18ClFN2O4/c1-28-19-5-3-2-4-15(19)12-20(28)24(31)27-16-7-9-22(18(26)13-16)32-21-8-6-14(10-17(21)25)11-23(29)30/h2-10,12-13H,11H2,1H3,(H,27,31)(H,29,30). The molecule has 0 spiro atoms. The third-order valence-electron chi connectivity index (χ3n) is 4.95. The zero-order valence-corrected chi connectivity index (χ0v) is 17.7. The molecule has 4 rings (SSSR count). The van der Waals surface area contributed by atoms with Gasteiger partial charge in [0.15, 0.2) is 11.6 Å². The summed E-state index contributed by atoms with van der Waals surface area (Å²) >= 11 is 6.13. The van der Waals surface area contributed by atoms with Crippen molar-refractivity contribution in [1.29, 1.82) is 0 Å². The van der Waals surface area contributed by atoms with Gasteiger partial charge in [0.25, 0.3) is 5.91 Å². The summed E-state index contributed by atoms with van der Waals surface area (Å²) < 4.78 is 21.9. The first-order valence-corrected chi connectivity index (χ1v) is 10.0. The average molecular weight is 453 g/mol. The molecule has 1 heterocycles. The Hall–Kier alpha value is -3.84. The van der Waals surface area contributed by atoms with E-state index in [1.807, 2.05) is 24.3 Å². The highest BCUT2D eigenvalue weighted by Crippen LogP contribution is 2.32. The average Bonchev–Trinajstić information content (AvgIpc) is 3.08. The van der Waals surface area contributed by atoms with Crippen LogP contribution in [0, 0.1) is 5.82 Å². The van der Waals surface area contributed by atoms with Gasteiger partial charge >= 0.3 is 5.97 Å². The van der Waals surface area contributed by atoms with E-state index in [1.165, 1.54) is 24.3 Å². The zero-order valence-electron chi connectivity index (χ0n) is 16.9. The number of benzene rings is 3. The van der Waals surface area contributed by atoms with Gasteiger partial charge in [-0.15, -0.1) is 0 Å². The Balaban J connectivity index is 1.50. The van der Waals surface area contributed by atoms with Gasteiger partial charge in [0.05, 0.1) is 11.4 Å². The number of carbonyl (C=O) groups is 2. The summed E-state index contributed by atoms with van der Waals surface area (Å²) in [4.78, 5) is 23.5. The van der Waals surface area contributed by atoms with Crippen LogP contribution in [-0.4, -0.2) is 21.6 Å². The maximum absolute atomic E-state index is 14.6. The Morgan fingerprint density at radius 2 is 1.81 bits per heavy atom. The minimum atomic E-state index is -0.984. The predicted molar refractivity (Wildman–Crippen MR) is 120 cm³/mol. The number of carboxylic acids is 1. The van der Waals surface area contributed by atoms with Gasteiger partial charge in [-0.25, -0.2) is 4.39 Å². The summed E-state index contributed by atoms with van der Waals surface area (Å²) in [6, 6.07) is 17.9. The molecule has 6 nitrogen and oxygen atoms in total. The molecule has 0 fully saturated rings. The number of nitrogens with zero attached hydrogens (tertiary/aromatic N) is 1. The van der Waals surface area contributed by atoms with E-state index in [9.17, 15) is 14.0 Å². The number of halogens is 2. The van der Waals surface area contributed by atoms with Crippen LogP contribution in [0.15, 0.2) is 66.7 Å². The molecule has 32 heavy (non-hydrogen) atoms. The number of anilines is 1. The minimum absolute atomic E-state index is 0.0829. The minimum Gasteiger partial charge on any atom is -0.481 e. The number of nitrogens with one attached hydrogen (secondary N) is 1. The van der Waals surface area contributed by atoms with E-state index >= 15 is 0 Å². The molecule has 4 aromatic rings. The van der Waals surface area contributed by atoms with E-state index in [0.29, 0.717) is 11.3 Å². The fraction of sp³-hybridized carbons (Fsp3) is 0.0833. The molecule has 0 aliphatic rings. The highest BCUT2D eigenvalue weighted by atomic mass is 35.5. The maximum atomic E-state index is 14.6. The van der Waals surface area contributed by atoms with Gasteiger partial charge in [-0.05, 0) is 42.0 Å². The van der Waals surface area contributed by atoms with Crippen molar-refractivity contribution in [2.75, 3.05) is 5.32 Å². The number of carbonyl (C=O) groups excluding carboxylic acids is 1. The molecule has 0 bridgehead atoms. The Kier molecular flexibility index (Phi) is 5.83. The molecule has 3 aromatic carbocycles. The normalized spacial score (nSPS) is 10.8. The summed E-state index contributed by atoms with van der Waals surface area (Å²) in [7, 11) is 1.79. The van der Waals surface area contributed by atoms with Gasteiger partial charge < -0.3 is 19.7 Å². The lowest BCUT2D eigenvalue weighted by Crippen LogP contribution is -2.15. The van der Waals surface area contributed by atoms with E-state index in [2.05, 4.69) is 5.32 Å². The van der Waals surface area contributed by atoms with Crippen LogP contribution in [0.25, 0.3) is 10.9 Å². The SMILES string of the molecule is Cn1c(C(=O)Nc2ccc(Oc3ccc(CC(=O)O)cc3Cl)c(F)c2)cc2ccccc21. The number of amides is 1. The first kappa shape index (κ1) is 21.4. The molecule has 0 unspecified atom stereocenters. The number of para-hydroxylation sites is 1. The highest BCUT2D eigenvalue weighted by Gasteiger charge is 2.15. The van der Waals surface area contributed by atoms with E-state index in [-0.39, 0.29) is 34.5 Å². The van der Waals surface area contributed by atoms with Crippen molar-refractivity contribution in [1.82, 2.24) is 4.57 Å². The van der Waals surface area contributed by atoms with Crippen molar-refractivity contribution >= 4 is 40.1 Å². The van der Waals surface area contributed by atoms with E-state index in [1.54, 1.807) is 23.7 Å². The summed E-state index contributed by atoms with van der Waals surface area (Å²) in [6.45, 7) is 0. The highest BCUT2D eigenvalue weighted by molar-refractivity contribution is 6.32. The first-order chi connectivity index (χ1) is 15.3. The van der Waals surface area contributed by atoms with Crippen LogP contribution >= 0.6 is 11.6 Å².